The average Bonchev–Trinajstić information content (AvgIpc) is 2.18. The molecule has 0 amide bonds. The van der Waals surface area contributed by atoms with Crippen LogP contribution < -0.4 is 0 Å². The summed E-state index contributed by atoms with van der Waals surface area (Å²) in [5, 5.41) is 0. The first kappa shape index (κ1) is 11.1. The van der Waals surface area contributed by atoms with Gasteiger partial charge in [0.2, 0.25) is 0 Å². The minimum atomic E-state index is -0.538. The number of rotatable bonds is 3. The molecule has 14 heavy (non-hydrogen) atoms. The molecule has 3 heteroatoms. The Morgan fingerprint density at radius 2 is 2.00 bits per heavy atom. The van der Waals surface area contributed by atoms with E-state index in [0.717, 1.165) is 5.56 Å². The van der Waals surface area contributed by atoms with Crippen LogP contribution in [0.2, 0.25) is 0 Å². The number of alkyl halides is 1. The van der Waals surface area contributed by atoms with Crippen molar-refractivity contribution in [2.75, 3.05) is 0 Å². The monoisotopic (exact) mass is 212 g/mol. The van der Waals surface area contributed by atoms with E-state index in [1.807, 2.05) is 26.0 Å². The van der Waals surface area contributed by atoms with E-state index in [9.17, 15) is 4.79 Å². The molecule has 1 unspecified atom stereocenters. The smallest absolute Gasteiger partial charge is 0.339 e. The molecule has 0 spiro atoms. The molecule has 0 aromatic heterocycles. The molecule has 0 saturated heterocycles. The molecule has 0 heterocycles. The number of hydrogen-bond acceptors (Lipinski definition) is 2. The Kier molecular flexibility index (Phi) is 3.96. The molecular formula is C11H13ClO2. The molecule has 76 valence electrons. The first-order valence-corrected chi connectivity index (χ1v) is 4.99. The van der Waals surface area contributed by atoms with Gasteiger partial charge in [0.25, 0.3) is 0 Å². The van der Waals surface area contributed by atoms with E-state index in [2.05, 4.69) is 0 Å². The summed E-state index contributed by atoms with van der Waals surface area (Å²) in [4.78, 5) is 11.4. The molecular weight excluding hydrogens is 200 g/mol. The Labute approximate surface area is 88.8 Å². The lowest BCUT2D eigenvalue weighted by Crippen LogP contribution is -2.11. The lowest BCUT2D eigenvalue weighted by molar-refractivity contribution is 0.0443. The van der Waals surface area contributed by atoms with Crippen molar-refractivity contribution in [3.63, 3.8) is 0 Å². The van der Waals surface area contributed by atoms with Crippen molar-refractivity contribution < 1.29 is 9.53 Å². The minimum Gasteiger partial charge on any atom is -0.442 e. The zero-order chi connectivity index (χ0) is 10.6. The SMILES string of the molecule is CCC(Cl)OC(=O)c1ccc(C)cc1. The van der Waals surface area contributed by atoms with Crippen LogP contribution in [-0.2, 0) is 4.74 Å². The van der Waals surface area contributed by atoms with Crippen LogP contribution in [0.15, 0.2) is 24.3 Å². The second kappa shape index (κ2) is 5.01. The highest BCUT2D eigenvalue weighted by Crippen LogP contribution is 2.09. The van der Waals surface area contributed by atoms with Gasteiger partial charge in [0.1, 0.15) is 0 Å². The quantitative estimate of drug-likeness (QED) is 0.569. The average molecular weight is 213 g/mol. The maximum absolute atomic E-state index is 11.4. The number of hydrogen-bond donors (Lipinski definition) is 0. The van der Waals surface area contributed by atoms with Gasteiger partial charge in [0, 0.05) is 0 Å². The summed E-state index contributed by atoms with van der Waals surface area (Å²) in [6, 6.07) is 7.20. The molecule has 0 radical (unpaired) electrons. The Bertz CT molecular complexity index is 306. The van der Waals surface area contributed by atoms with Crippen molar-refractivity contribution in [2.45, 2.75) is 25.8 Å². The van der Waals surface area contributed by atoms with E-state index in [1.54, 1.807) is 12.1 Å². The third-order valence-corrected chi connectivity index (χ3v) is 2.24. The van der Waals surface area contributed by atoms with E-state index in [4.69, 9.17) is 16.3 Å². The van der Waals surface area contributed by atoms with Crippen molar-refractivity contribution in [3.8, 4) is 0 Å². The van der Waals surface area contributed by atoms with Gasteiger partial charge in [0.05, 0.1) is 5.56 Å². The van der Waals surface area contributed by atoms with Gasteiger partial charge in [-0.2, -0.15) is 0 Å². The first-order chi connectivity index (χ1) is 6.63. The van der Waals surface area contributed by atoms with Crippen LogP contribution in [0, 0.1) is 6.92 Å². The fourth-order valence-corrected chi connectivity index (χ4v) is 1.04. The van der Waals surface area contributed by atoms with Gasteiger partial charge in [-0.25, -0.2) is 4.79 Å². The predicted octanol–water partition coefficient (Wildman–Crippen LogP) is 3.13. The number of carbonyl (C=O) groups excluding carboxylic acids is 1. The van der Waals surface area contributed by atoms with Crippen molar-refractivity contribution in [1.29, 1.82) is 0 Å². The summed E-state index contributed by atoms with van der Waals surface area (Å²) in [6.45, 7) is 3.82. The van der Waals surface area contributed by atoms with E-state index in [-0.39, 0.29) is 5.97 Å². The largest absolute Gasteiger partial charge is 0.442 e. The molecule has 0 fully saturated rings. The summed E-state index contributed by atoms with van der Waals surface area (Å²) in [6.07, 6.45) is 0.610. The third kappa shape index (κ3) is 3.04. The molecule has 0 aliphatic heterocycles. The number of ether oxygens (including phenoxy) is 1. The van der Waals surface area contributed by atoms with E-state index in [1.165, 1.54) is 0 Å². The van der Waals surface area contributed by atoms with Crippen molar-refractivity contribution in [1.82, 2.24) is 0 Å². The zero-order valence-corrected chi connectivity index (χ0v) is 9.04. The third-order valence-electron chi connectivity index (χ3n) is 1.84. The summed E-state index contributed by atoms with van der Waals surface area (Å²) < 4.78 is 4.95. The molecule has 1 rings (SSSR count). The number of aryl methyl sites for hydroxylation is 1. The van der Waals surface area contributed by atoms with Gasteiger partial charge < -0.3 is 4.74 Å². The summed E-state index contributed by atoms with van der Waals surface area (Å²) >= 11 is 5.70. The van der Waals surface area contributed by atoms with Crippen LogP contribution in [0.4, 0.5) is 0 Å². The van der Waals surface area contributed by atoms with E-state index < -0.39 is 5.56 Å². The van der Waals surface area contributed by atoms with E-state index >= 15 is 0 Å². The maximum Gasteiger partial charge on any atom is 0.339 e. The zero-order valence-electron chi connectivity index (χ0n) is 8.29. The molecule has 0 aliphatic carbocycles. The van der Waals surface area contributed by atoms with Crippen molar-refractivity contribution in [2.24, 2.45) is 0 Å². The summed E-state index contributed by atoms with van der Waals surface area (Å²) in [7, 11) is 0. The molecule has 1 atom stereocenters. The molecule has 2 nitrogen and oxygen atoms in total. The van der Waals surface area contributed by atoms with Gasteiger partial charge in [0.15, 0.2) is 5.56 Å². The number of carbonyl (C=O) groups is 1. The fraction of sp³-hybridized carbons (Fsp3) is 0.364. The highest BCUT2D eigenvalue weighted by atomic mass is 35.5. The summed E-state index contributed by atoms with van der Waals surface area (Å²) in [5.41, 5.74) is 1.11. The fourth-order valence-electron chi connectivity index (χ4n) is 0.957. The second-order valence-electron chi connectivity index (χ2n) is 3.09. The van der Waals surface area contributed by atoms with Gasteiger partial charge in [-0.15, -0.1) is 0 Å². The van der Waals surface area contributed by atoms with Gasteiger partial charge >= 0.3 is 5.97 Å². The van der Waals surface area contributed by atoms with Gasteiger partial charge in [-0.05, 0) is 25.5 Å². The Hall–Kier alpha value is -1.02. The van der Waals surface area contributed by atoms with Gasteiger partial charge in [-0.3, -0.25) is 0 Å². The van der Waals surface area contributed by atoms with Crippen LogP contribution in [0.25, 0.3) is 0 Å². The lowest BCUT2D eigenvalue weighted by atomic mass is 10.1. The standard InChI is InChI=1S/C11H13ClO2/c1-3-10(12)14-11(13)9-6-4-8(2)5-7-9/h4-7,10H,3H2,1-2H3. The van der Waals surface area contributed by atoms with Crippen LogP contribution in [0.5, 0.6) is 0 Å². The van der Waals surface area contributed by atoms with Crippen LogP contribution in [0.3, 0.4) is 0 Å². The molecule has 0 bridgehead atoms. The molecule has 0 saturated carbocycles. The molecule has 0 aliphatic rings. The topological polar surface area (TPSA) is 26.3 Å². The highest BCUT2D eigenvalue weighted by Gasteiger charge is 2.10. The molecule has 0 N–H and O–H groups in total. The predicted molar refractivity (Wildman–Crippen MR) is 56.5 cm³/mol. The summed E-state index contributed by atoms with van der Waals surface area (Å²) in [5.74, 6) is -0.369. The van der Waals surface area contributed by atoms with Gasteiger partial charge in [-0.1, -0.05) is 36.2 Å². The number of benzene rings is 1. The van der Waals surface area contributed by atoms with E-state index in [0.29, 0.717) is 12.0 Å². The van der Waals surface area contributed by atoms with Crippen LogP contribution in [0.1, 0.15) is 29.3 Å². The van der Waals surface area contributed by atoms with Crippen molar-refractivity contribution >= 4 is 17.6 Å². The second-order valence-corrected chi connectivity index (χ2v) is 3.58. The Morgan fingerprint density at radius 1 is 1.43 bits per heavy atom. The maximum atomic E-state index is 11.4. The van der Waals surface area contributed by atoms with Crippen molar-refractivity contribution in [3.05, 3.63) is 35.4 Å². The molecule has 1 aromatic rings. The number of esters is 1. The number of halogens is 1. The first-order valence-electron chi connectivity index (χ1n) is 4.55. The highest BCUT2D eigenvalue weighted by molar-refractivity contribution is 6.20. The van der Waals surface area contributed by atoms with Crippen LogP contribution in [-0.4, -0.2) is 11.5 Å². The molecule has 1 aromatic carbocycles. The Morgan fingerprint density at radius 3 is 2.50 bits per heavy atom. The lowest BCUT2D eigenvalue weighted by Gasteiger charge is -2.08. The Balaban J connectivity index is 2.65. The minimum absolute atomic E-state index is 0.369. The van der Waals surface area contributed by atoms with Crippen LogP contribution >= 0.6 is 11.6 Å². The normalized spacial score (nSPS) is 12.2.